The fourth-order valence-corrected chi connectivity index (χ4v) is 4.86. The molecule has 0 aromatic heterocycles. The van der Waals surface area contributed by atoms with E-state index in [4.69, 9.17) is 0 Å². The van der Waals surface area contributed by atoms with Crippen LogP contribution >= 0.6 is 0 Å². The zero-order valence-corrected chi connectivity index (χ0v) is 12.2. The molecule has 1 N–H and O–H groups in total. The minimum atomic E-state index is 0.344. The highest BCUT2D eigenvalue weighted by Gasteiger charge is 2.48. The molecule has 0 saturated heterocycles. The molecule has 2 fully saturated rings. The van der Waals surface area contributed by atoms with E-state index in [-0.39, 0.29) is 0 Å². The van der Waals surface area contributed by atoms with Crippen molar-refractivity contribution in [2.75, 3.05) is 0 Å². The standard InChI is InChI=1S/C19H22O/c1-12-3-8-18-17-6-4-13-11-14(20)5-7-15(13)16(17)9-10-19(12,18)2/h5-7,11,16,18,20H,1,3-4,8-10H2,2H3. The van der Waals surface area contributed by atoms with Gasteiger partial charge in [-0.05, 0) is 66.7 Å². The summed E-state index contributed by atoms with van der Waals surface area (Å²) in [7, 11) is 0. The monoisotopic (exact) mass is 266 g/mol. The van der Waals surface area contributed by atoms with Gasteiger partial charge in [-0.15, -0.1) is 0 Å². The van der Waals surface area contributed by atoms with E-state index in [9.17, 15) is 5.11 Å². The maximum Gasteiger partial charge on any atom is 0.115 e. The summed E-state index contributed by atoms with van der Waals surface area (Å²) >= 11 is 0. The molecule has 0 radical (unpaired) electrons. The second-order valence-electron chi connectivity index (χ2n) is 6.99. The van der Waals surface area contributed by atoms with Gasteiger partial charge in [-0.3, -0.25) is 0 Å². The minimum absolute atomic E-state index is 0.344. The van der Waals surface area contributed by atoms with E-state index in [0.29, 0.717) is 23.0 Å². The molecule has 3 unspecified atom stereocenters. The lowest BCUT2D eigenvalue weighted by Crippen LogP contribution is -2.34. The van der Waals surface area contributed by atoms with Crippen molar-refractivity contribution in [3.63, 3.8) is 0 Å². The molecule has 0 spiro atoms. The van der Waals surface area contributed by atoms with E-state index < -0.39 is 0 Å². The van der Waals surface area contributed by atoms with Gasteiger partial charge in [-0.25, -0.2) is 0 Å². The Hall–Kier alpha value is -1.50. The fraction of sp³-hybridized carbons (Fsp3) is 0.474. The zero-order valence-electron chi connectivity index (χ0n) is 12.2. The first-order valence-corrected chi connectivity index (χ1v) is 7.79. The molecule has 104 valence electrons. The maximum absolute atomic E-state index is 9.68. The minimum Gasteiger partial charge on any atom is -0.508 e. The van der Waals surface area contributed by atoms with Crippen molar-refractivity contribution in [2.24, 2.45) is 11.3 Å². The van der Waals surface area contributed by atoms with E-state index in [0.717, 1.165) is 6.42 Å². The molecule has 0 bridgehead atoms. The van der Waals surface area contributed by atoms with Gasteiger partial charge in [0.05, 0.1) is 0 Å². The summed E-state index contributed by atoms with van der Waals surface area (Å²) < 4.78 is 0. The highest BCUT2D eigenvalue weighted by atomic mass is 16.3. The summed E-state index contributed by atoms with van der Waals surface area (Å²) in [6.07, 6.45) is 8.41. The Morgan fingerprint density at radius 3 is 3.00 bits per heavy atom. The van der Waals surface area contributed by atoms with Gasteiger partial charge in [0, 0.05) is 5.92 Å². The van der Waals surface area contributed by atoms with E-state index in [2.05, 4.69) is 25.6 Å². The average molecular weight is 266 g/mol. The van der Waals surface area contributed by atoms with Gasteiger partial charge in [0.1, 0.15) is 5.75 Å². The number of hydrogen-bond donors (Lipinski definition) is 1. The Morgan fingerprint density at radius 2 is 2.15 bits per heavy atom. The van der Waals surface area contributed by atoms with Crippen LogP contribution in [0.15, 0.2) is 42.0 Å². The van der Waals surface area contributed by atoms with Crippen molar-refractivity contribution in [2.45, 2.75) is 44.9 Å². The number of rotatable bonds is 0. The molecule has 3 aliphatic rings. The number of hydrogen-bond acceptors (Lipinski definition) is 1. The zero-order chi connectivity index (χ0) is 13.9. The number of phenols is 1. The van der Waals surface area contributed by atoms with Gasteiger partial charge < -0.3 is 5.11 Å². The Kier molecular flexibility index (Phi) is 2.45. The smallest absolute Gasteiger partial charge is 0.115 e. The molecule has 1 nitrogen and oxygen atoms in total. The van der Waals surface area contributed by atoms with Crippen LogP contribution in [0.5, 0.6) is 5.75 Å². The average Bonchev–Trinajstić information content (AvgIpc) is 2.74. The first-order chi connectivity index (χ1) is 9.59. The molecule has 1 aromatic rings. The van der Waals surface area contributed by atoms with Crippen LogP contribution < -0.4 is 0 Å². The Labute approximate surface area is 121 Å². The molecule has 0 aliphatic heterocycles. The second-order valence-corrected chi connectivity index (χ2v) is 6.99. The van der Waals surface area contributed by atoms with Crippen LogP contribution in [0.1, 0.15) is 49.7 Å². The number of benzene rings is 1. The molecule has 3 aliphatic carbocycles. The Morgan fingerprint density at radius 1 is 1.30 bits per heavy atom. The van der Waals surface area contributed by atoms with Crippen molar-refractivity contribution in [1.29, 1.82) is 0 Å². The maximum atomic E-state index is 9.68. The molecule has 20 heavy (non-hydrogen) atoms. The fourth-order valence-electron chi connectivity index (χ4n) is 4.86. The van der Waals surface area contributed by atoms with Gasteiger partial charge in [-0.1, -0.05) is 36.8 Å². The third-order valence-corrected chi connectivity index (χ3v) is 6.13. The van der Waals surface area contributed by atoms with Gasteiger partial charge in [0.15, 0.2) is 0 Å². The topological polar surface area (TPSA) is 20.2 Å². The number of allylic oxidation sites excluding steroid dienone is 3. The molecule has 2 saturated carbocycles. The summed E-state index contributed by atoms with van der Waals surface area (Å²) in [5.74, 6) is 1.69. The first-order valence-electron chi connectivity index (χ1n) is 7.79. The molecule has 1 heteroatoms. The van der Waals surface area contributed by atoms with Crippen LogP contribution in [-0.4, -0.2) is 5.11 Å². The highest BCUT2D eigenvalue weighted by Crippen LogP contribution is 2.61. The van der Waals surface area contributed by atoms with Crippen molar-refractivity contribution < 1.29 is 5.11 Å². The Bertz CT molecular complexity index is 625. The second kappa shape index (κ2) is 4.00. The van der Waals surface area contributed by atoms with Crippen LogP contribution in [0, 0.1) is 11.3 Å². The summed E-state index contributed by atoms with van der Waals surface area (Å²) in [5, 5.41) is 9.68. The molecular weight excluding hydrogens is 244 g/mol. The van der Waals surface area contributed by atoms with Crippen molar-refractivity contribution in [3.8, 4) is 5.75 Å². The van der Waals surface area contributed by atoms with Gasteiger partial charge in [-0.2, -0.15) is 0 Å². The van der Waals surface area contributed by atoms with Crippen LogP contribution in [0.4, 0.5) is 0 Å². The summed E-state index contributed by atoms with van der Waals surface area (Å²) in [4.78, 5) is 0. The largest absolute Gasteiger partial charge is 0.508 e. The van der Waals surface area contributed by atoms with E-state index >= 15 is 0 Å². The third kappa shape index (κ3) is 1.49. The highest BCUT2D eigenvalue weighted by molar-refractivity contribution is 5.48. The molecule has 1 aromatic carbocycles. The van der Waals surface area contributed by atoms with Crippen molar-refractivity contribution >= 4 is 0 Å². The van der Waals surface area contributed by atoms with Crippen LogP contribution in [-0.2, 0) is 6.42 Å². The van der Waals surface area contributed by atoms with Crippen LogP contribution in [0.25, 0.3) is 0 Å². The van der Waals surface area contributed by atoms with Crippen LogP contribution in [0.3, 0.4) is 0 Å². The summed E-state index contributed by atoms with van der Waals surface area (Å²) in [6.45, 7) is 6.77. The predicted octanol–water partition coefficient (Wildman–Crippen LogP) is 4.72. The van der Waals surface area contributed by atoms with Crippen molar-refractivity contribution in [1.82, 2.24) is 0 Å². The van der Waals surface area contributed by atoms with Gasteiger partial charge in [0.2, 0.25) is 0 Å². The predicted molar refractivity (Wildman–Crippen MR) is 81.8 cm³/mol. The summed E-state index contributed by atoms with van der Waals surface area (Å²) in [6, 6.07) is 5.95. The SMILES string of the molecule is C=C1CCC2C3=CCc4cc(O)ccc4C3CCC12C. The normalized spacial score (nSPS) is 35.0. The Balaban J connectivity index is 1.77. The third-order valence-electron chi connectivity index (χ3n) is 6.13. The van der Waals surface area contributed by atoms with Crippen molar-refractivity contribution in [3.05, 3.63) is 53.1 Å². The van der Waals surface area contributed by atoms with E-state index in [1.54, 1.807) is 5.57 Å². The lowest BCUT2D eigenvalue weighted by molar-refractivity contribution is 0.230. The number of fused-ring (bicyclic) bond motifs is 5. The number of aromatic hydroxyl groups is 1. The van der Waals surface area contributed by atoms with Gasteiger partial charge >= 0.3 is 0 Å². The molecular formula is C19H22O. The summed E-state index contributed by atoms with van der Waals surface area (Å²) in [5.41, 5.74) is 6.25. The quantitative estimate of drug-likeness (QED) is 0.673. The van der Waals surface area contributed by atoms with E-state index in [1.807, 2.05) is 12.1 Å². The van der Waals surface area contributed by atoms with E-state index in [1.165, 1.54) is 42.4 Å². The molecule has 0 heterocycles. The number of phenolic OH excluding ortho intramolecular Hbond substituents is 1. The first kappa shape index (κ1) is 12.3. The van der Waals surface area contributed by atoms with Gasteiger partial charge in [0.25, 0.3) is 0 Å². The molecule has 0 amide bonds. The molecule has 4 rings (SSSR count). The molecule has 3 atom stereocenters. The van der Waals surface area contributed by atoms with Crippen LogP contribution in [0.2, 0.25) is 0 Å². The lowest BCUT2D eigenvalue weighted by atomic mass is 9.59. The lowest BCUT2D eigenvalue weighted by Gasteiger charge is -2.45.